The number of carbonyl (C=O) groups excluding carboxylic acids is 2. The molecule has 3 aromatic rings. The molecule has 33 heavy (non-hydrogen) atoms. The lowest BCUT2D eigenvalue weighted by molar-refractivity contribution is -0.125. The number of carbonyl (C=O) groups is 2. The molecule has 9 heteroatoms. The van der Waals surface area contributed by atoms with Gasteiger partial charge < -0.3 is 9.64 Å². The first-order chi connectivity index (χ1) is 15.9. The topological polar surface area (TPSA) is 70.7 Å². The van der Waals surface area contributed by atoms with Gasteiger partial charge in [-0.2, -0.15) is 0 Å². The minimum absolute atomic E-state index is 0.0970. The van der Waals surface area contributed by atoms with E-state index in [1.807, 2.05) is 24.3 Å². The van der Waals surface area contributed by atoms with Gasteiger partial charge in [0.2, 0.25) is 11.8 Å². The van der Waals surface area contributed by atoms with Gasteiger partial charge >= 0.3 is 0 Å². The van der Waals surface area contributed by atoms with Crippen LogP contribution in [0.1, 0.15) is 12.0 Å². The summed E-state index contributed by atoms with van der Waals surface area (Å²) in [5.41, 5.74) is 7.86. The van der Waals surface area contributed by atoms with Crippen LogP contribution < -0.4 is 20.5 Å². The summed E-state index contributed by atoms with van der Waals surface area (Å²) in [6.07, 6.45) is 0.147. The van der Waals surface area contributed by atoms with Crippen LogP contribution in [0.25, 0.3) is 0 Å². The van der Waals surface area contributed by atoms with E-state index in [1.54, 1.807) is 47.4 Å². The summed E-state index contributed by atoms with van der Waals surface area (Å²) in [5, 5.41) is 1.24. The summed E-state index contributed by atoms with van der Waals surface area (Å²) < 4.78 is 6.56. The van der Waals surface area contributed by atoms with E-state index in [-0.39, 0.29) is 18.2 Å². The quantitative estimate of drug-likeness (QED) is 0.364. The summed E-state index contributed by atoms with van der Waals surface area (Å²) in [6, 6.07) is 19.8. The van der Waals surface area contributed by atoms with E-state index < -0.39 is 5.92 Å². The number of rotatable bonds is 7. The Balaban J connectivity index is 1.31. The van der Waals surface area contributed by atoms with Crippen LogP contribution in [0.5, 0.6) is 5.75 Å². The van der Waals surface area contributed by atoms with Crippen LogP contribution in [0.15, 0.2) is 71.2 Å². The molecule has 0 saturated carbocycles. The lowest BCUT2D eigenvalue weighted by atomic mass is 10.1. The van der Waals surface area contributed by atoms with Gasteiger partial charge in [-0.15, -0.1) is 0 Å². The first kappa shape index (κ1) is 23.4. The number of nitrogens with zero attached hydrogens (tertiary/aromatic N) is 1. The molecule has 1 aliphatic rings. The second-order valence-corrected chi connectivity index (χ2v) is 9.22. The molecule has 1 saturated heterocycles. The van der Waals surface area contributed by atoms with E-state index >= 15 is 0 Å². The fourth-order valence-electron chi connectivity index (χ4n) is 3.46. The van der Waals surface area contributed by atoms with Crippen LogP contribution in [0, 0.1) is 5.92 Å². The SMILES string of the molecule is O=C(NNc1ccc(OCc2ccccc2Cl)c(Br)c1)[C@H]1CC(=O)N(c2ccc(Cl)cc2)C1. The number of ether oxygens (including phenoxy) is 1. The highest BCUT2D eigenvalue weighted by atomic mass is 79.9. The van der Waals surface area contributed by atoms with Gasteiger partial charge in [-0.25, -0.2) is 0 Å². The number of anilines is 2. The molecular formula is C24H20BrCl2N3O3. The van der Waals surface area contributed by atoms with Crippen LogP contribution in [-0.2, 0) is 16.2 Å². The smallest absolute Gasteiger partial charge is 0.243 e. The first-order valence-electron chi connectivity index (χ1n) is 10.2. The van der Waals surface area contributed by atoms with Gasteiger partial charge in [0.05, 0.1) is 16.1 Å². The third-order valence-electron chi connectivity index (χ3n) is 5.24. The van der Waals surface area contributed by atoms with Crippen LogP contribution in [0.3, 0.4) is 0 Å². The number of hydrogen-bond donors (Lipinski definition) is 2. The molecule has 0 unspecified atom stereocenters. The maximum absolute atomic E-state index is 12.6. The summed E-state index contributed by atoms with van der Waals surface area (Å²) in [5.74, 6) is -0.163. The Labute approximate surface area is 209 Å². The van der Waals surface area contributed by atoms with Crippen molar-refractivity contribution in [3.05, 3.63) is 86.8 Å². The van der Waals surface area contributed by atoms with E-state index in [1.165, 1.54) is 0 Å². The van der Waals surface area contributed by atoms with Crippen molar-refractivity contribution in [2.24, 2.45) is 5.92 Å². The number of amides is 2. The van der Waals surface area contributed by atoms with Crippen molar-refractivity contribution < 1.29 is 14.3 Å². The molecular weight excluding hydrogens is 529 g/mol. The average molecular weight is 549 g/mol. The highest BCUT2D eigenvalue weighted by Crippen LogP contribution is 2.30. The predicted molar refractivity (Wildman–Crippen MR) is 134 cm³/mol. The lowest BCUT2D eigenvalue weighted by Crippen LogP contribution is -2.36. The molecule has 0 bridgehead atoms. The molecule has 2 amide bonds. The standard InChI is InChI=1S/C24H20BrCl2N3O3/c25-20-12-18(7-10-22(20)33-14-15-3-1-2-4-21(15)27)28-29-24(32)16-11-23(31)30(13-16)19-8-5-17(26)6-9-19/h1-10,12,16,28H,11,13-14H2,(H,29,32)/t16-/m0/s1. The molecule has 1 atom stereocenters. The Hall–Kier alpha value is -2.74. The van der Waals surface area contributed by atoms with Gasteiger partial charge in [-0.1, -0.05) is 41.4 Å². The Morgan fingerprint density at radius 2 is 1.85 bits per heavy atom. The molecule has 2 N–H and O–H groups in total. The number of nitrogens with one attached hydrogen (secondary N) is 2. The van der Waals surface area contributed by atoms with Gasteiger partial charge in [0.25, 0.3) is 0 Å². The Morgan fingerprint density at radius 3 is 2.58 bits per heavy atom. The van der Waals surface area contributed by atoms with Crippen molar-refractivity contribution >= 4 is 62.3 Å². The van der Waals surface area contributed by atoms with E-state index in [0.717, 1.165) is 15.7 Å². The van der Waals surface area contributed by atoms with Crippen LogP contribution in [-0.4, -0.2) is 18.4 Å². The lowest BCUT2D eigenvalue weighted by Gasteiger charge is -2.17. The maximum Gasteiger partial charge on any atom is 0.243 e. The number of halogens is 3. The van der Waals surface area contributed by atoms with Gasteiger partial charge in [0.1, 0.15) is 12.4 Å². The van der Waals surface area contributed by atoms with Crippen LogP contribution in [0.2, 0.25) is 10.0 Å². The van der Waals surface area contributed by atoms with Crippen molar-refractivity contribution in [2.45, 2.75) is 13.0 Å². The molecule has 1 fully saturated rings. The van der Waals surface area contributed by atoms with Crippen molar-refractivity contribution in [3.63, 3.8) is 0 Å². The molecule has 3 aromatic carbocycles. The zero-order valence-corrected chi connectivity index (χ0v) is 20.5. The minimum atomic E-state index is -0.456. The summed E-state index contributed by atoms with van der Waals surface area (Å²) >= 11 is 15.6. The van der Waals surface area contributed by atoms with E-state index in [9.17, 15) is 9.59 Å². The van der Waals surface area contributed by atoms with Crippen molar-refractivity contribution in [1.82, 2.24) is 5.43 Å². The zero-order chi connectivity index (χ0) is 23.4. The normalized spacial score (nSPS) is 15.4. The monoisotopic (exact) mass is 547 g/mol. The summed E-state index contributed by atoms with van der Waals surface area (Å²) in [6.45, 7) is 0.647. The van der Waals surface area contributed by atoms with Crippen molar-refractivity contribution in [1.29, 1.82) is 0 Å². The second kappa shape index (κ2) is 10.5. The fraction of sp³-hybridized carbons (Fsp3) is 0.167. The number of benzene rings is 3. The Kier molecular flexibility index (Phi) is 7.42. The highest BCUT2D eigenvalue weighted by Gasteiger charge is 2.35. The Morgan fingerprint density at radius 1 is 1.09 bits per heavy atom. The second-order valence-electron chi connectivity index (χ2n) is 7.52. The molecule has 6 nitrogen and oxygen atoms in total. The highest BCUT2D eigenvalue weighted by molar-refractivity contribution is 9.10. The first-order valence-corrected chi connectivity index (χ1v) is 11.7. The minimum Gasteiger partial charge on any atom is -0.488 e. The van der Waals surface area contributed by atoms with E-state index in [4.69, 9.17) is 27.9 Å². The molecule has 0 aliphatic carbocycles. The number of hydrazine groups is 1. The van der Waals surface area contributed by atoms with Gasteiger partial charge in [-0.05, 0) is 64.5 Å². The molecule has 1 heterocycles. The largest absolute Gasteiger partial charge is 0.488 e. The van der Waals surface area contributed by atoms with Crippen molar-refractivity contribution in [2.75, 3.05) is 16.9 Å². The predicted octanol–water partition coefficient (Wildman–Crippen LogP) is 5.83. The van der Waals surface area contributed by atoms with Crippen LogP contribution in [0.4, 0.5) is 11.4 Å². The third-order valence-corrected chi connectivity index (χ3v) is 6.48. The molecule has 0 radical (unpaired) electrons. The number of hydrogen-bond acceptors (Lipinski definition) is 4. The van der Waals surface area contributed by atoms with Gasteiger partial charge in [-0.3, -0.25) is 20.4 Å². The third kappa shape index (κ3) is 5.79. The van der Waals surface area contributed by atoms with E-state index in [2.05, 4.69) is 26.8 Å². The Bertz CT molecular complexity index is 1170. The summed E-state index contributed by atoms with van der Waals surface area (Å²) in [4.78, 5) is 26.6. The van der Waals surface area contributed by atoms with Crippen LogP contribution >= 0.6 is 39.1 Å². The van der Waals surface area contributed by atoms with Crippen molar-refractivity contribution in [3.8, 4) is 5.75 Å². The van der Waals surface area contributed by atoms with Gasteiger partial charge in [0.15, 0.2) is 0 Å². The molecule has 170 valence electrons. The average Bonchev–Trinajstić information content (AvgIpc) is 3.20. The van der Waals surface area contributed by atoms with E-state index in [0.29, 0.717) is 34.6 Å². The molecule has 1 aliphatic heterocycles. The molecule has 0 aromatic heterocycles. The van der Waals surface area contributed by atoms with Gasteiger partial charge in [0, 0.05) is 34.3 Å². The fourth-order valence-corrected chi connectivity index (χ4v) is 4.27. The molecule has 0 spiro atoms. The maximum atomic E-state index is 12.6. The molecule has 4 rings (SSSR count). The zero-order valence-electron chi connectivity index (χ0n) is 17.4. The summed E-state index contributed by atoms with van der Waals surface area (Å²) in [7, 11) is 0.